The van der Waals surface area contributed by atoms with E-state index in [-0.39, 0.29) is 25.5 Å². The predicted octanol–water partition coefficient (Wildman–Crippen LogP) is 3.04. The largest absolute Gasteiger partial charge is 0.483 e. The van der Waals surface area contributed by atoms with Crippen LogP contribution in [0.5, 0.6) is 11.5 Å². The van der Waals surface area contributed by atoms with Gasteiger partial charge in [0.1, 0.15) is 12.2 Å². The molecule has 0 bridgehead atoms. The molecular formula is C23H26N4O5. The van der Waals surface area contributed by atoms with Crippen LogP contribution in [0.2, 0.25) is 0 Å². The van der Waals surface area contributed by atoms with Crippen LogP contribution in [0, 0.1) is 0 Å². The van der Waals surface area contributed by atoms with E-state index in [1.807, 2.05) is 22.9 Å². The molecule has 1 saturated heterocycles. The van der Waals surface area contributed by atoms with Gasteiger partial charge in [-0.25, -0.2) is 9.67 Å². The summed E-state index contributed by atoms with van der Waals surface area (Å²) in [6.45, 7) is 5.24. The van der Waals surface area contributed by atoms with Crippen LogP contribution in [0.15, 0.2) is 54.9 Å². The van der Waals surface area contributed by atoms with Crippen LogP contribution in [-0.2, 0) is 22.6 Å². The fourth-order valence-corrected chi connectivity index (χ4v) is 3.98. The monoisotopic (exact) mass is 438 g/mol. The molecule has 2 atom stereocenters. The second-order valence-corrected chi connectivity index (χ2v) is 7.43. The van der Waals surface area contributed by atoms with Crippen LogP contribution in [0.4, 0.5) is 0 Å². The van der Waals surface area contributed by atoms with Gasteiger partial charge in [0.05, 0.1) is 18.8 Å². The molecule has 0 amide bonds. The molecule has 0 radical (unpaired) electrons. The quantitative estimate of drug-likeness (QED) is 0.607. The lowest BCUT2D eigenvalue weighted by atomic mass is 10.0. The van der Waals surface area contributed by atoms with Gasteiger partial charge >= 0.3 is 0 Å². The number of ether oxygens (including phenoxy) is 3. The van der Waals surface area contributed by atoms with E-state index in [2.05, 4.69) is 52.2 Å². The first-order valence-electron chi connectivity index (χ1n) is 10.5. The fourth-order valence-electron chi connectivity index (χ4n) is 3.98. The third-order valence-corrected chi connectivity index (χ3v) is 5.48. The third kappa shape index (κ3) is 4.90. The van der Waals surface area contributed by atoms with Crippen LogP contribution in [-0.4, -0.2) is 51.1 Å². The highest BCUT2D eigenvalue weighted by Gasteiger charge is 2.31. The first kappa shape index (κ1) is 21.8. The number of carbonyl (C=O) groups is 1. The van der Waals surface area contributed by atoms with Crippen molar-refractivity contribution in [1.82, 2.24) is 19.7 Å². The van der Waals surface area contributed by atoms with E-state index in [1.165, 1.54) is 5.56 Å². The van der Waals surface area contributed by atoms with Gasteiger partial charge in [0, 0.05) is 19.6 Å². The Morgan fingerprint density at radius 2 is 1.78 bits per heavy atom. The smallest absolute Gasteiger partial charge is 0.290 e. The topological polar surface area (TPSA) is 98.9 Å². The number of hydrogen-bond donors (Lipinski definition) is 1. The van der Waals surface area contributed by atoms with Crippen molar-refractivity contribution in [3.05, 3.63) is 71.8 Å². The predicted molar refractivity (Wildman–Crippen MR) is 115 cm³/mol. The van der Waals surface area contributed by atoms with Gasteiger partial charge in [0.25, 0.3) is 6.47 Å². The van der Waals surface area contributed by atoms with E-state index < -0.39 is 0 Å². The van der Waals surface area contributed by atoms with Gasteiger partial charge in [-0.1, -0.05) is 36.4 Å². The third-order valence-electron chi connectivity index (χ3n) is 5.48. The number of fused-ring (bicyclic) bond motifs is 1. The zero-order valence-electron chi connectivity index (χ0n) is 17.8. The zero-order valence-corrected chi connectivity index (χ0v) is 17.8. The Labute approximate surface area is 186 Å². The minimum atomic E-state index is -0.250. The van der Waals surface area contributed by atoms with Gasteiger partial charge in [0.2, 0.25) is 6.79 Å². The van der Waals surface area contributed by atoms with Crippen molar-refractivity contribution in [2.75, 3.05) is 19.9 Å². The molecule has 1 N–H and O–H groups in total. The standard InChI is InChI=1S/C22H24N4O3.CH2O2/c1-2-26-22(23-14-24-26)13-25-11-20(16-6-4-3-5-7-16)29-21(12-25)17-8-9-18-19(10-17)28-15-27-18;2-1-3/h3-10,14,20-21H,2,11-13,15H2,1H3;1H,(H,2,3)/t20-,21+;/m0./s1. The van der Waals surface area contributed by atoms with Crippen molar-refractivity contribution in [3.8, 4) is 11.5 Å². The molecule has 168 valence electrons. The highest BCUT2D eigenvalue weighted by atomic mass is 16.7. The number of nitrogens with zero attached hydrogens (tertiary/aromatic N) is 4. The van der Waals surface area contributed by atoms with Gasteiger partial charge in [-0.3, -0.25) is 9.69 Å². The molecule has 3 heterocycles. The maximum Gasteiger partial charge on any atom is 0.290 e. The van der Waals surface area contributed by atoms with E-state index in [4.69, 9.17) is 24.1 Å². The number of rotatable bonds is 5. The van der Waals surface area contributed by atoms with Crippen LogP contribution in [0.25, 0.3) is 0 Å². The number of aromatic nitrogens is 3. The Morgan fingerprint density at radius 3 is 2.53 bits per heavy atom. The molecule has 0 saturated carbocycles. The van der Waals surface area contributed by atoms with Gasteiger partial charge < -0.3 is 19.3 Å². The SMILES string of the molecule is CCn1ncnc1CN1C[C@@H](c2ccccc2)O[C@@H](c2ccc3c(c2)OCO3)C1.O=CO. The average molecular weight is 438 g/mol. The molecule has 3 aromatic rings. The molecule has 1 aromatic heterocycles. The lowest BCUT2D eigenvalue weighted by molar-refractivity contribution is -0.122. The average Bonchev–Trinajstić information content (AvgIpc) is 3.48. The molecule has 32 heavy (non-hydrogen) atoms. The summed E-state index contributed by atoms with van der Waals surface area (Å²) in [5.74, 6) is 2.55. The summed E-state index contributed by atoms with van der Waals surface area (Å²) < 4.78 is 19.5. The van der Waals surface area contributed by atoms with Crippen LogP contribution in [0.1, 0.15) is 36.1 Å². The second kappa shape index (κ2) is 10.3. The maximum atomic E-state index is 8.36. The van der Waals surface area contributed by atoms with Crippen molar-refractivity contribution in [1.29, 1.82) is 0 Å². The summed E-state index contributed by atoms with van der Waals surface area (Å²) in [5.41, 5.74) is 2.27. The van der Waals surface area contributed by atoms with E-state index in [1.54, 1.807) is 6.33 Å². The molecule has 2 aliphatic rings. The molecule has 0 spiro atoms. The van der Waals surface area contributed by atoms with Crippen molar-refractivity contribution in [2.45, 2.75) is 32.2 Å². The molecular weight excluding hydrogens is 412 g/mol. The normalized spacial score (nSPS) is 19.8. The molecule has 2 aliphatic heterocycles. The Bertz CT molecular complexity index is 1030. The molecule has 1 fully saturated rings. The van der Waals surface area contributed by atoms with E-state index >= 15 is 0 Å². The van der Waals surface area contributed by atoms with Crippen molar-refractivity contribution < 1.29 is 24.1 Å². The molecule has 2 aromatic carbocycles. The van der Waals surface area contributed by atoms with E-state index in [9.17, 15) is 0 Å². The summed E-state index contributed by atoms with van der Waals surface area (Å²) in [5, 5.41) is 11.2. The van der Waals surface area contributed by atoms with Crippen molar-refractivity contribution >= 4 is 6.47 Å². The number of carboxylic acid groups (broad SMARTS) is 1. The Kier molecular flexibility index (Phi) is 6.98. The highest BCUT2D eigenvalue weighted by Crippen LogP contribution is 2.38. The summed E-state index contributed by atoms with van der Waals surface area (Å²) in [6.07, 6.45) is 1.54. The molecule has 0 aliphatic carbocycles. The Balaban J connectivity index is 0.000000775. The number of hydrogen-bond acceptors (Lipinski definition) is 7. The molecule has 5 rings (SSSR count). The summed E-state index contributed by atoms with van der Waals surface area (Å²) in [4.78, 5) is 15.2. The second-order valence-electron chi connectivity index (χ2n) is 7.43. The van der Waals surface area contributed by atoms with Crippen LogP contribution >= 0.6 is 0 Å². The van der Waals surface area contributed by atoms with Crippen LogP contribution < -0.4 is 9.47 Å². The number of morpholine rings is 1. The summed E-state index contributed by atoms with van der Waals surface area (Å²) in [7, 11) is 0. The zero-order chi connectivity index (χ0) is 22.3. The first-order valence-corrected chi connectivity index (χ1v) is 10.5. The molecule has 9 heteroatoms. The highest BCUT2D eigenvalue weighted by molar-refractivity contribution is 5.45. The van der Waals surface area contributed by atoms with Crippen molar-refractivity contribution in [3.63, 3.8) is 0 Å². The number of aryl methyl sites for hydroxylation is 1. The summed E-state index contributed by atoms with van der Waals surface area (Å²) >= 11 is 0. The fraction of sp³-hybridized carbons (Fsp3) is 0.348. The summed E-state index contributed by atoms with van der Waals surface area (Å²) in [6, 6.07) is 16.5. The Morgan fingerprint density at radius 1 is 1.06 bits per heavy atom. The van der Waals surface area contributed by atoms with Crippen molar-refractivity contribution in [2.24, 2.45) is 0 Å². The Hall–Kier alpha value is -3.43. The lowest BCUT2D eigenvalue weighted by Gasteiger charge is -2.38. The van der Waals surface area contributed by atoms with Gasteiger partial charge in [0.15, 0.2) is 11.5 Å². The number of benzene rings is 2. The minimum Gasteiger partial charge on any atom is -0.483 e. The van der Waals surface area contributed by atoms with Crippen LogP contribution in [0.3, 0.4) is 0 Å². The van der Waals surface area contributed by atoms with Gasteiger partial charge in [-0.05, 0) is 30.2 Å². The van der Waals surface area contributed by atoms with Gasteiger partial charge in [-0.15, -0.1) is 0 Å². The van der Waals surface area contributed by atoms with E-state index in [0.717, 1.165) is 49.1 Å². The molecule has 0 unspecified atom stereocenters. The maximum absolute atomic E-state index is 8.36. The minimum absolute atomic E-state index is 0.0154. The van der Waals surface area contributed by atoms with Gasteiger partial charge in [-0.2, -0.15) is 5.10 Å². The molecule has 9 nitrogen and oxygen atoms in total. The van der Waals surface area contributed by atoms with E-state index in [0.29, 0.717) is 0 Å². The first-order chi connectivity index (χ1) is 15.7. The lowest BCUT2D eigenvalue weighted by Crippen LogP contribution is -2.40.